The van der Waals surface area contributed by atoms with Crippen molar-refractivity contribution >= 4 is 21.6 Å². The van der Waals surface area contributed by atoms with Gasteiger partial charge in [0, 0.05) is 13.6 Å². The first-order valence-electron chi connectivity index (χ1n) is 8.61. The molecule has 28 heavy (non-hydrogen) atoms. The van der Waals surface area contributed by atoms with Crippen LogP contribution in [0.1, 0.15) is 35.7 Å². The number of hydrogen-bond acceptors (Lipinski definition) is 3. The lowest BCUT2D eigenvalue weighted by Crippen LogP contribution is -2.29. The third-order valence-electron chi connectivity index (χ3n) is 4.07. The van der Waals surface area contributed by atoms with Crippen LogP contribution in [0.2, 0.25) is 0 Å². The molecule has 0 aliphatic rings. The highest BCUT2D eigenvalue weighted by atomic mass is 32.2. The minimum absolute atomic E-state index is 0.00765. The number of carbonyl (C=O) groups excluding carboxylic acids is 1. The Morgan fingerprint density at radius 3 is 2.43 bits per heavy atom. The minimum Gasteiger partial charge on any atom is -0.342 e. The van der Waals surface area contributed by atoms with Gasteiger partial charge in [-0.05, 0) is 36.8 Å². The zero-order valence-corrected chi connectivity index (χ0v) is 16.3. The van der Waals surface area contributed by atoms with Gasteiger partial charge >= 0.3 is 6.18 Å². The molecule has 0 aliphatic carbocycles. The van der Waals surface area contributed by atoms with Crippen LogP contribution in [-0.2, 0) is 16.2 Å². The summed E-state index contributed by atoms with van der Waals surface area (Å²) in [6, 6.07) is 9.41. The van der Waals surface area contributed by atoms with Crippen LogP contribution in [0.4, 0.5) is 18.9 Å². The van der Waals surface area contributed by atoms with Crippen LogP contribution in [0.5, 0.6) is 0 Å². The third kappa shape index (κ3) is 5.25. The summed E-state index contributed by atoms with van der Waals surface area (Å²) in [5.74, 6) is -0.379. The molecule has 0 heterocycles. The number of halogens is 3. The van der Waals surface area contributed by atoms with Gasteiger partial charge in [-0.3, -0.25) is 9.52 Å². The summed E-state index contributed by atoms with van der Waals surface area (Å²) in [6.07, 6.45) is -2.98. The minimum atomic E-state index is -4.67. The standard InChI is InChI=1S/C19H21F3N2O3S/c1-3-4-12-24(2)18(25)16-10-5-6-11-17(16)23-28(26,27)15-9-7-8-14(13-15)19(20,21)22/h5-11,13,23H,3-4,12H2,1-2H3. The molecule has 0 saturated heterocycles. The van der Waals surface area contributed by atoms with E-state index in [1.807, 2.05) is 6.92 Å². The molecule has 0 aromatic heterocycles. The van der Waals surface area contributed by atoms with Gasteiger partial charge in [0.2, 0.25) is 0 Å². The maximum atomic E-state index is 12.9. The summed E-state index contributed by atoms with van der Waals surface area (Å²) in [7, 11) is -2.71. The van der Waals surface area contributed by atoms with Crippen LogP contribution in [0.15, 0.2) is 53.4 Å². The largest absolute Gasteiger partial charge is 0.416 e. The number of benzene rings is 2. The fraction of sp³-hybridized carbons (Fsp3) is 0.316. The predicted molar refractivity (Wildman–Crippen MR) is 101 cm³/mol. The van der Waals surface area contributed by atoms with Crippen LogP contribution in [0, 0.1) is 0 Å². The number of carbonyl (C=O) groups is 1. The zero-order valence-electron chi connectivity index (χ0n) is 15.5. The van der Waals surface area contributed by atoms with E-state index in [0.717, 1.165) is 31.0 Å². The number of unbranched alkanes of at least 4 members (excludes halogenated alkanes) is 1. The van der Waals surface area contributed by atoms with Crippen LogP contribution in [-0.4, -0.2) is 32.8 Å². The Labute approximate surface area is 162 Å². The van der Waals surface area contributed by atoms with Gasteiger partial charge in [-0.2, -0.15) is 13.2 Å². The Morgan fingerprint density at radius 2 is 1.79 bits per heavy atom. The summed E-state index contributed by atoms with van der Waals surface area (Å²) in [5.41, 5.74) is -0.941. The van der Waals surface area contributed by atoms with E-state index >= 15 is 0 Å². The van der Waals surface area contributed by atoms with Gasteiger partial charge in [0.05, 0.1) is 21.7 Å². The van der Waals surface area contributed by atoms with E-state index < -0.39 is 26.7 Å². The zero-order chi connectivity index (χ0) is 20.9. The van der Waals surface area contributed by atoms with E-state index in [1.54, 1.807) is 13.1 Å². The lowest BCUT2D eigenvalue weighted by Gasteiger charge is -2.19. The number of amides is 1. The average molecular weight is 414 g/mol. The Balaban J connectivity index is 2.34. The second kappa shape index (κ2) is 8.64. The molecular weight excluding hydrogens is 393 g/mol. The van der Waals surface area contributed by atoms with Crippen molar-refractivity contribution in [3.8, 4) is 0 Å². The number of sulfonamides is 1. The molecule has 0 aliphatic heterocycles. The molecule has 1 N–H and O–H groups in total. The van der Waals surface area contributed by atoms with E-state index in [4.69, 9.17) is 0 Å². The van der Waals surface area contributed by atoms with Crippen molar-refractivity contribution in [1.29, 1.82) is 0 Å². The predicted octanol–water partition coefficient (Wildman–Crippen LogP) is 4.38. The molecular formula is C19H21F3N2O3S. The molecule has 0 atom stereocenters. The van der Waals surface area contributed by atoms with Crippen LogP contribution < -0.4 is 4.72 Å². The summed E-state index contributed by atoms with van der Waals surface area (Å²) < 4.78 is 66.1. The molecule has 9 heteroatoms. The second-order valence-electron chi connectivity index (χ2n) is 6.26. The van der Waals surface area contributed by atoms with Crippen molar-refractivity contribution in [3.63, 3.8) is 0 Å². The highest BCUT2D eigenvalue weighted by Crippen LogP contribution is 2.31. The highest BCUT2D eigenvalue weighted by molar-refractivity contribution is 7.92. The van der Waals surface area contributed by atoms with E-state index in [0.29, 0.717) is 12.6 Å². The first kappa shape index (κ1) is 21.7. The van der Waals surface area contributed by atoms with Gasteiger partial charge in [0.15, 0.2) is 0 Å². The van der Waals surface area contributed by atoms with Crippen molar-refractivity contribution < 1.29 is 26.4 Å². The van der Waals surface area contributed by atoms with E-state index in [1.165, 1.54) is 23.1 Å². The second-order valence-corrected chi connectivity index (χ2v) is 7.94. The molecule has 0 bridgehead atoms. The molecule has 0 unspecified atom stereocenters. The van der Waals surface area contributed by atoms with Gasteiger partial charge in [0.1, 0.15) is 0 Å². The maximum absolute atomic E-state index is 12.9. The van der Waals surface area contributed by atoms with Gasteiger partial charge in [-0.25, -0.2) is 8.42 Å². The summed E-state index contributed by atoms with van der Waals surface area (Å²) >= 11 is 0. The van der Waals surface area contributed by atoms with Crippen molar-refractivity contribution in [2.45, 2.75) is 30.8 Å². The molecule has 2 rings (SSSR count). The van der Waals surface area contributed by atoms with Crippen LogP contribution in [0.25, 0.3) is 0 Å². The third-order valence-corrected chi connectivity index (χ3v) is 5.43. The molecule has 0 spiro atoms. The first-order chi connectivity index (χ1) is 13.1. The Hall–Kier alpha value is -2.55. The van der Waals surface area contributed by atoms with Gasteiger partial charge < -0.3 is 4.90 Å². The molecule has 2 aromatic carbocycles. The normalized spacial score (nSPS) is 11.9. The van der Waals surface area contributed by atoms with Gasteiger partial charge in [-0.1, -0.05) is 31.5 Å². The number of para-hydroxylation sites is 1. The van der Waals surface area contributed by atoms with E-state index in [2.05, 4.69) is 4.72 Å². The Bertz CT molecular complexity index is 943. The average Bonchev–Trinajstić information content (AvgIpc) is 2.65. The van der Waals surface area contributed by atoms with E-state index in [-0.39, 0.29) is 17.2 Å². The lowest BCUT2D eigenvalue weighted by atomic mass is 10.1. The summed E-state index contributed by atoms with van der Waals surface area (Å²) in [4.78, 5) is 13.6. The van der Waals surface area contributed by atoms with Crippen molar-refractivity contribution in [1.82, 2.24) is 4.90 Å². The molecule has 5 nitrogen and oxygen atoms in total. The summed E-state index contributed by atoms with van der Waals surface area (Å²) in [5, 5.41) is 0. The summed E-state index contributed by atoms with van der Waals surface area (Å²) in [6.45, 7) is 2.49. The number of alkyl halides is 3. The molecule has 1 amide bonds. The first-order valence-corrected chi connectivity index (χ1v) is 10.1. The van der Waals surface area contributed by atoms with Gasteiger partial charge in [0.25, 0.3) is 15.9 Å². The molecule has 0 radical (unpaired) electrons. The Morgan fingerprint density at radius 1 is 1.11 bits per heavy atom. The SMILES string of the molecule is CCCCN(C)C(=O)c1ccccc1NS(=O)(=O)c1cccc(C(F)(F)F)c1. The van der Waals surface area contributed by atoms with Crippen molar-refractivity contribution in [3.05, 3.63) is 59.7 Å². The monoisotopic (exact) mass is 414 g/mol. The van der Waals surface area contributed by atoms with Crippen LogP contribution >= 0.6 is 0 Å². The highest BCUT2D eigenvalue weighted by Gasteiger charge is 2.32. The number of anilines is 1. The number of hydrogen-bond donors (Lipinski definition) is 1. The van der Waals surface area contributed by atoms with E-state index in [9.17, 15) is 26.4 Å². The molecule has 152 valence electrons. The van der Waals surface area contributed by atoms with Crippen molar-refractivity contribution in [2.75, 3.05) is 18.3 Å². The number of nitrogens with zero attached hydrogens (tertiary/aromatic N) is 1. The fourth-order valence-corrected chi connectivity index (χ4v) is 3.63. The van der Waals surface area contributed by atoms with Crippen LogP contribution in [0.3, 0.4) is 0 Å². The number of rotatable bonds is 7. The van der Waals surface area contributed by atoms with Crippen molar-refractivity contribution in [2.24, 2.45) is 0 Å². The topological polar surface area (TPSA) is 66.5 Å². The molecule has 0 saturated carbocycles. The van der Waals surface area contributed by atoms with Gasteiger partial charge in [-0.15, -0.1) is 0 Å². The maximum Gasteiger partial charge on any atom is 0.416 e. The molecule has 2 aromatic rings. The quantitative estimate of drug-likeness (QED) is 0.731. The number of nitrogens with one attached hydrogen (secondary N) is 1. The molecule has 0 fully saturated rings. The Kier molecular flexibility index (Phi) is 6.71. The smallest absolute Gasteiger partial charge is 0.342 e. The lowest BCUT2D eigenvalue weighted by molar-refractivity contribution is -0.137. The fourth-order valence-electron chi connectivity index (χ4n) is 2.50.